The number of rotatable bonds is 41. The zero-order valence-corrected chi connectivity index (χ0v) is 75.9. The number of aliphatic hydroxyl groups is 2. The Bertz CT molecular complexity index is 4230. The second-order valence-electron chi connectivity index (χ2n) is 33.7. The largest absolute Gasteiger partial charge is 0.460 e. The van der Waals surface area contributed by atoms with Gasteiger partial charge in [0.25, 0.3) is 17.6 Å². The molecular weight excluding hydrogens is 1630 g/mol. The Morgan fingerprint density at radius 2 is 1.48 bits per heavy atom. The van der Waals surface area contributed by atoms with Crippen molar-refractivity contribution in [1.29, 1.82) is 0 Å². The van der Waals surface area contributed by atoms with Crippen molar-refractivity contribution >= 4 is 74.7 Å². The Labute approximate surface area is 740 Å². The standard InChI is InChI=1S/C92H137N11O21S/c1-61-22-13-11-14-23-62(2)77(113-8)57-73-31-29-67(7)92(112,124-73)85(108)89(110)102-35-19-16-28-74(102)90(111)123-78(58-75(105)63(3)53-66(6)83(107)84(115-10)82(106)65(5)52-61)64(4)54-68-30-32-76(79(55-68)114-9)122-38-20-17-26-71-59-101(100-98-71)37-40-117-42-44-119-46-48-121-50-49-120-47-45-118-43-41-116-39-33-72(104)27-15-12-18-36-103-87-80(86(93)95-60-96-87)81(99-103)69-24-21-25-70(56-69)88(109)97-91-94-34-51-125-91/h11,13-14,21-25,53,56,59-61,63-65,67-68,73-74,76-79,83-84,107,112H,12,15-20,26-52,54-55,57-58H2,1-10H3,(H2,93,95,96)(H,94,97,109)/b14-11+,22-13+,62-23+,66-53+/t61-,63-,64-,65-,67-,68+,73+,74+,76-,77+,78+,79-,83-,84+,92-/m1/s1. The van der Waals surface area contributed by atoms with Gasteiger partial charge < -0.3 is 83.0 Å². The Balaban J connectivity index is 0.612. The van der Waals surface area contributed by atoms with Gasteiger partial charge in [-0.05, 0) is 151 Å². The summed E-state index contributed by atoms with van der Waals surface area (Å²) in [5.74, 6) is -7.13. The van der Waals surface area contributed by atoms with Gasteiger partial charge in [-0.15, -0.1) is 5.10 Å². The number of aromatic nitrogens is 7. The minimum Gasteiger partial charge on any atom is -0.460 e. The maximum atomic E-state index is 14.8. The maximum Gasteiger partial charge on any atom is 0.329 e. The Kier molecular flexibility index (Phi) is 43.1. The summed E-state index contributed by atoms with van der Waals surface area (Å²) in [6.45, 7) is 20.1. The first kappa shape index (κ1) is 101. The molecule has 9 rings (SSSR count). The van der Waals surface area contributed by atoms with Gasteiger partial charge in [-0.3, -0.25) is 33.8 Å². The van der Waals surface area contributed by atoms with Crippen molar-refractivity contribution < 1.29 is 101 Å². The number of ketones is 4. The van der Waals surface area contributed by atoms with Crippen molar-refractivity contribution in [1.82, 2.24) is 45.0 Å². The van der Waals surface area contributed by atoms with Gasteiger partial charge in [0.15, 0.2) is 16.6 Å². The summed E-state index contributed by atoms with van der Waals surface area (Å²) in [6, 6.07) is 6.04. The molecule has 0 spiro atoms. The van der Waals surface area contributed by atoms with Crippen LogP contribution in [0.1, 0.15) is 187 Å². The topological polar surface area (TPSA) is 399 Å². The number of esters is 1. The average Bonchev–Trinajstić information content (AvgIpc) is 1.73. The Hall–Kier alpha value is -7.74. The molecule has 2 amide bonds. The number of aliphatic imine (C=N–C) groups is 1. The zero-order valence-electron chi connectivity index (χ0n) is 75.0. The number of allylic oxidation sites excluding steroid dienone is 6. The number of unbranched alkanes of at least 4 members (excludes halogenated alkanes) is 3. The number of hydrogen-bond donors (Lipinski definition) is 4. The number of carbonyl (C=O) groups is 7. The minimum absolute atomic E-state index is 0.00529. The lowest BCUT2D eigenvalue weighted by Crippen LogP contribution is -2.61. The van der Waals surface area contributed by atoms with Crippen molar-refractivity contribution in [2.45, 2.75) is 245 Å². The van der Waals surface area contributed by atoms with Gasteiger partial charge in [-0.25, -0.2) is 24.1 Å². The van der Waals surface area contributed by atoms with Crippen LogP contribution in [0.3, 0.4) is 0 Å². The third-order valence-electron chi connectivity index (χ3n) is 24.1. The third kappa shape index (κ3) is 31.6. The van der Waals surface area contributed by atoms with Gasteiger partial charge in [0.2, 0.25) is 5.79 Å². The number of amides is 2. The highest BCUT2D eigenvalue weighted by Crippen LogP contribution is 2.39. The molecule has 15 atom stereocenters. The van der Waals surface area contributed by atoms with Gasteiger partial charge in [0.05, 0.1) is 128 Å². The zero-order chi connectivity index (χ0) is 89.6. The molecular formula is C92H137N11O21S. The summed E-state index contributed by atoms with van der Waals surface area (Å²) in [6.07, 6.45) is 20.7. The lowest BCUT2D eigenvalue weighted by atomic mass is 9.78. The number of aryl methyl sites for hydroxylation is 2. The first-order valence-electron chi connectivity index (χ1n) is 44.9. The van der Waals surface area contributed by atoms with Gasteiger partial charge in [0.1, 0.15) is 53.8 Å². The Morgan fingerprint density at radius 1 is 0.752 bits per heavy atom. The van der Waals surface area contributed by atoms with Crippen LogP contribution in [0.5, 0.6) is 0 Å². The summed E-state index contributed by atoms with van der Waals surface area (Å²) < 4.78 is 74.4. The molecule has 0 radical (unpaired) electrons. The molecule has 3 fully saturated rings. The van der Waals surface area contributed by atoms with E-state index in [1.54, 1.807) is 57.9 Å². The molecule has 5 N–H and O–H groups in total. The lowest BCUT2D eigenvalue weighted by molar-refractivity contribution is -0.265. The number of anilines is 1. The van der Waals surface area contributed by atoms with E-state index in [4.69, 9.17) is 67.7 Å². The third-order valence-corrected chi connectivity index (χ3v) is 25.0. The summed E-state index contributed by atoms with van der Waals surface area (Å²) in [5, 5.41) is 41.5. The number of nitrogen functional groups attached to an aromatic ring is 1. The average molecular weight is 1770 g/mol. The van der Waals surface area contributed by atoms with Gasteiger partial charge in [-0.2, -0.15) is 5.10 Å². The minimum atomic E-state index is -2.46. The first-order valence-corrected chi connectivity index (χ1v) is 45.9. The normalized spacial score (nSPS) is 27.3. The van der Waals surface area contributed by atoms with Gasteiger partial charge >= 0.3 is 5.97 Å². The van der Waals surface area contributed by atoms with E-state index < -0.39 is 77.8 Å². The van der Waals surface area contributed by atoms with Crippen molar-refractivity contribution in [3.8, 4) is 11.3 Å². The lowest BCUT2D eigenvalue weighted by Gasteiger charge is -2.42. The van der Waals surface area contributed by atoms with Crippen LogP contribution in [0.4, 0.5) is 5.82 Å². The number of methoxy groups -OCH3 is 3. The number of carbonyl (C=O) groups excluding carboxylic acids is 7. The number of nitrogens with one attached hydrogen (secondary N) is 1. The monoisotopic (exact) mass is 1760 g/mol. The summed E-state index contributed by atoms with van der Waals surface area (Å²) in [7, 11) is 4.65. The van der Waals surface area contributed by atoms with E-state index in [0.29, 0.717) is 209 Å². The Morgan fingerprint density at radius 3 is 2.18 bits per heavy atom. The van der Waals surface area contributed by atoms with Gasteiger partial charge in [0, 0.05) is 108 Å². The fourth-order valence-electron chi connectivity index (χ4n) is 16.7. The van der Waals surface area contributed by atoms with Crippen LogP contribution >= 0.6 is 11.8 Å². The second-order valence-corrected chi connectivity index (χ2v) is 34.8. The van der Waals surface area contributed by atoms with Crippen molar-refractivity contribution in [2.75, 3.05) is 132 Å². The van der Waals surface area contributed by atoms with E-state index in [1.807, 2.05) is 81.1 Å². The highest BCUT2D eigenvalue weighted by Gasteiger charge is 2.53. The molecule has 4 aliphatic heterocycles. The van der Waals surface area contributed by atoms with Crippen molar-refractivity contribution in [3.63, 3.8) is 0 Å². The molecule has 7 heterocycles. The van der Waals surface area contributed by atoms with Gasteiger partial charge in [-0.1, -0.05) is 107 Å². The first-order chi connectivity index (χ1) is 60.4. The fourth-order valence-corrected chi connectivity index (χ4v) is 17.4. The molecule has 4 aromatic rings. The van der Waals surface area contributed by atoms with Crippen LogP contribution in [-0.2, 0) is 105 Å². The van der Waals surface area contributed by atoms with E-state index in [1.165, 1.54) is 30.1 Å². The molecule has 125 heavy (non-hydrogen) atoms. The number of nitrogens with two attached hydrogens (primary N) is 1. The van der Waals surface area contributed by atoms with Crippen LogP contribution in [0.2, 0.25) is 0 Å². The molecule has 2 saturated heterocycles. The molecule has 33 heteroatoms. The van der Waals surface area contributed by atoms with Crippen LogP contribution in [-0.4, -0.2) is 277 Å². The fraction of sp³-hybridized carbons (Fsp3) is 0.685. The van der Waals surface area contributed by atoms with E-state index in [9.17, 15) is 43.8 Å². The van der Waals surface area contributed by atoms with Crippen molar-refractivity contribution in [2.24, 2.45) is 40.5 Å². The van der Waals surface area contributed by atoms with Crippen molar-refractivity contribution in [3.05, 3.63) is 95.6 Å². The molecule has 3 aromatic heterocycles. The maximum absolute atomic E-state index is 14.8. The number of hydrogen-bond acceptors (Lipinski definition) is 29. The molecule has 692 valence electrons. The molecule has 1 saturated carbocycles. The van der Waals surface area contributed by atoms with E-state index in [2.05, 4.69) is 30.6 Å². The predicted molar refractivity (Wildman–Crippen MR) is 472 cm³/mol. The number of cyclic esters (lactones) is 1. The smallest absolute Gasteiger partial charge is 0.329 e. The van der Waals surface area contributed by atoms with Crippen LogP contribution in [0.25, 0.3) is 22.3 Å². The highest BCUT2D eigenvalue weighted by molar-refractivity contribution is 8.14. The molecule has 5 aliphatic rings. The number of aliphatic hydroxyl groups excluding tert-OH is 1. The molecule has 32 nitrogen and oxygen atoms in total. The number of Topliss-reactive ketones (excluding diaryl/α,β-unsaturated/α-hetero) is 4. The van der Waals surface area contributed by atoms with E-state index in [-0.39, 0.29) is 72.6 Å². The molecule has 1 aromatic carbocycles. The predicted octanol–water partition coefficient (Wildman–Crippen LogP) is 10.4. The number of thioether (sulfide) groups is 1. The van der Waals surface area contributed by atoms with Crippen LogP contribution in [0.15, 0.2) is 89.4 Å². The SMILES string of the molecule is CO[C@H]1C[C@@H]2CC[C@@H](C)[C@@](O)(O2)C(=O)C(=O)N2CCCC[C@H]2C(=O)O[C@H]([C@H](C)C[C@@H]2CC[C@@H](OCCCCc3cn(CCOCCOCCOCCOCCOCCOCCC(=O)CCCCCn4nc(-c5cccc(C(=O)NC6=NCCS6)c5)c5c(N)ncnc54)nn3)[C@H](OC)C2)CC(=O)[C@H](C)/C=C(\C)[C@@H](O)[C@@H](OC)C(=O)[C@H](C)C[C@H](C)/C=C/C=C/C=C/1C. The van der Waals surface area contributed by atoms with E-state index in [0.717, 1.165) is 73.9 Å². The number of benzene rings is 1. The molecule has 0 unspecified atom stereocenters. The number of ether oxygens (including phenoxy) is 12. The summed E-state index contributed by atoms with van der Waals surface area (Å²) in [5.41, 5.74) is 10.9. The number of nitrogens with zero attached hydrogens (tertiary/aromatic N) is 9. The highest BCUT2D eigenvalue weighted by atomic mass is 32.2. The summed E-state index contributed by atoms with van der Waals surface area (Å²) >= 11 is 1.52. The number of amidine groups is 1. The molecule has 1 aliphatic carbocycles. The van der Waals surface area contributed by atoms with E-state index >= 15 is 0 Å². The van der Waals surface area contributed by atoms with Crippen LogP contribution in [0, 0.1) is 35.5 Å². The second kappa shape index (κ2) is 53.3. The molecule has 2 bridgehead atoms. The number of piperidine rings is 1. The summed E-state index contributed by atoms with van der Waals surface area (Å²) in [4.78, 5) is 112. The quantitative estimate of drug-likeness (QED) is 0.0139. The number of fused-ring (bicyclic) bond motifs is 4. The van der Waals surface area contributed by atoms with Crippen LogP contribution < -0.4 is 11.1 Å².